The van der Waals surface area contributed by atoms with Crippen LogP contribution in [0.15, 0.2) is 76.3 Å². The van der Waals surface area contributed by atoms with E-state index in [9.17, 15) is 14.4 Å². The molecule has 0 fully saturated rings. The van der Waals surface area contributed by atoms with Gasteiger partial charge in [0.25, 0.3) is 5.56 Å². The van der Waals surface area contributed by atoms with Crippen molar-refractivity contribution in [2.45, 2.75) is 45.8 Å². The number of hydrogen-bond acceptors (Lipinski definition) is 5. The van der Waals surface area contributed by atoms with Crippen LogP contribution in [0.5, 0.6) is 11.5 Å². The summed E-state index contributed by atoms with van der Waals surface area (Å²) in [4.78, 5) is 38.9. The first-order chi connectivity index (χ1) is 18.0. The van der Waals surface area contributed by atoms with Gasteiger partial charge in [-0.1, -0.05) is 48.0 Å². The molecule has 0 atom stereocenters. The van der Waals surface area contributed by atoms with Crippen molar-refractivity contribution in [2.24, 2.45) is 0 Å². The lowest BCUT2D eigenvalue weighted by Gasteiger charge is -2.14. The van der Waals surface area contributed by atoms with E-state index in [-0.39, 0.29) is 30.5 Å². The molecule has 0 unspecified atom stereocenters. The molecule has 8 heteroatoms. The lowest BCUT2D eigenvalue weighted by Crippen LogP contribution is -2.40. The summed E-state index contributed by atoms with van der Waals surface area (Å²) in [5, 5.41) is 3.42. The van der Waals surface area contributed by atoms with Crippen molar-refractivity contribution in [1.29, 1.82) is 0 Å². The second-order valence-corrected chi connectivity index (χ2v) is 9.25. The van der Waals surface area contributed by atoms with Gasteiger partial charge < -0.3 is 14.8 Å². The van der Waals surface area contributed by atoms with Crippen LogP contribution in [0.1, 0.15) is 36.0 Å². The fourth-order valence-electron chi connectivity index (χ4n) is 4.61. The normalized spacial score (nSPS) is 12.1. The van der Waals surface area contributed by atoms with Gasteiger partial charge >= 0.3 is 5.69 Å². The maximum absolute atomic E-state index is 13.4. The predicted molar refractivity (Wildman–Crippen MR) is 141 cm³/mol. The average Bonchev–Trinajstić information content (AvgIpc) is 3.37. The molecule has 4 aromatic rings. The number of aryl methyl sites for hydroxylation is 1. The Kier molecular flexibility index (Phi) is 7.07. The number of fused-ring (bicyclic) bond motifs is 2. The van der Waals surface area contributed by atoms with Crippen molar-refractivity contribution >= 4 is 16.8 Å². The zero-order valence-electron chi connectivity index (χ0n) is 20.7. The first-order valence-electron chi connectivity index (χ1n) is 12.4. The number of nitrogens with zero attached hydrogens (tertiary/aromatic N) is 2. The number of aromatic nitrogens is 2. The minimum Gasteiger partial charge on any atom is -0.454 e. The van der Waals surface area contributed by atoms with Gasteiger partial charge in [0, 0.05) is 19.5 Å². The maximum Gasteiger partial charge on any atom is 0.331 e. The number of hydrogen-bond donors (Lipinski definition) is 1. The van der Waals surface area contributed by atoms with Crippen LogP contribution in [0.25, 0.3) is 10.9 Å². The Balaban J connectivity index is 1.23. The highest BCUT2D eigenvalue weighted by Crippen LogP contribution is 2.32. The fraction of sp³-hybridized carbons (Fsp3) is 0.276. The van der Waals surface area contributed by atoms with Crippen LogP contribution in [0.2, 0.25) is 0 Å². The number of benzene rings is 3. The molecule has 0 saturated carbocycles. The summed E-state index contributed by atoms with van der Waals surface area (Å²) in [6.07, 6.45) is 1.41. The van der Waals surface area contributed by atoms with Gasteiger partial charge in [-0.25, -0.2) is 4.79 Å². The van der Waals surface area contributed by atoms with Gasteiger partial charge in [0.15, 0.2) is 11.5 Å². The molecule has 0 radical (unpaired) electrons. The molecule has 1 aromatic heterocycles. The van der Waals surface area contributed by atoms with E-state index in [0.29, 0.717) is 54.8 Å². The Labute approximate surface area is 214 Å². The quantitative estimate of drug-likeness (QED) is 0.354. The van der Waals surface area contributed by atoms with Crippen LogP contribution in [-0.2, 0) is 24.4 Å². The molecular weight excluding hydrogens is 470 g/mol. The van der Waals surface area contributed by atoms with E-state index < -0.39 is 0 Å². The SMILES string of the molecule is Cc1cccc(Cn2c(=O)n(CCCCC(=O)NCc3ccc4c(c3)OCO4)c(=O)c3ccccc32)c1. The zero-order valence-corrected chi connectivity index (χ0v) is 20.7. The number of rotatable bonds is 9. The van der Waals surface area contributed by atoms with E-state index in [0.717, 1.165) is 16.7 Å². The second-order valence-electron chi connectivity index (χ2n) is 9.25. The van der Waals surface area contributed by atoms with Gasteiger partial charge in [-0.15, -0.1) is 0 Å². The zero-order chi connectivity index (χ0) is 25.8. The Bertz CT molecular complexity index is 1570. The van der Waals surface area contributed by atoms with E-state index in [1.54, 1.807) is 16.7 Å². The van der Waals surface area contributed by atoms with Crippen molar-refractivity contribution in [3.05, 3.63) is 104 Å². The molecule has 5 rings (SSSR count). The van der Waals surface area contributed by atoms with Crippen LogP contribution in [0.3, 0.4) is 0 Å². The summed E-state index contributed by atoms with van der Waals surface area (Å²) in [7, 11) is 0. The number of amides is 1. The van der Waals surface area contributed by atoms with E-state index in [1.165, 1.54) is 4.57 Å². The molecule has 0 bridgehead atoms. The van der Waals surface area contributed by atoms with E-state index in [1.807, 2.05) is 61.5 Å². The summed E-state index contributed by atoms with van der Waals surface area (Å²) >= 11 is 0. The lowest BCUT2D eigenvalue weighted by molar-refractivity contribution is -0.121. The van der Waals surface area contributed by atoms with Gasteiger partial charge in [-0.2, -0.15) is 0 Å². The van der Waals surface area contributed by atoms with Gasteiger partial charge in [-0.05, 0) is 55.2 Å². The van der Waals surface area contributed by atoms with Crippen LogP contribution in [0.4, 0.5) is 0 Å². The van der Waals surface area contributed by atoms with Gasteiger partial charge in [0.05, 0.1) is 17.4 Å². The number of carbonyl (C=O) groups excluding carboxylic acids is 1. The Morgan fingerprint density at radius 3 is 2.59 bits per heavy atom. The minimum atomic E-state index is -0.336. The molecule has 0 saturated heterocycles. The van der Waals surface area contributed by atoms with Gasteiger partial charge in [-0.3, -0.25) is 18.7 Å². The average molecular weight is 500 g/mol. The number of ether oxygens (including phenoxy) is 2. The summed E-state index contributed by atoms with van der Waals surface area (Å²) in [5.74, 6) is 1.30. The van der Waals surface area contributed by atoms with Gasteiger partial charge in [0.1, 0.15) is 0 Å². The van der Waals surface area contributed by atoms with E-state index in [2.05, 4.69) is 5.32 Å². The molecule has 0 spiro atoms. The number of unbranched alkanes of at least 4 members (excludes halogenated alkanes) is 1. The van der Waals surface area contributed by atoms with Crippen LogP contribution in [-0.4, -0.2) is 21.8 Å². The highest BCUT2D eigenvalue weighted by Gasteiger charge is 2.15. The summed E-state index contributed by atoms with van der Waals surface area (Å²) in [6.45, 7) is 3.25. The largest absolute Gasteiger partial charge is 0.454 e. The van der Waals surface area contributed by atoms with Crippen LogP contribution in [0, 0.1) is 6.92 Å². The lowest BCUT2D eigenvalue weighted by atomic mass is 10.1. The fourth-order valence-corrected chi connectivity index (χ4v) is 4.61. The number of para-hydroxylation sites is 1. The van der Waals surface area contributed by atoms with Gasteiger partial charge in [0.2, 0.25) is 12.7 Å². The summed E-state index contributed by atoms with van der Waals surface area (Å²) in [5.41, 5.74) is 3.02. The Morgan fingerprint density at radius 1 is 0.892 bits per heavy atom. The Morgan fingerprint density at radius 2 is 1.73 bits per heavy atom. The molecule has 1 amide bonds. The van der Waals surface area contributed by atoms with Crippen molar-refractivity contribution in [1.82, 2.24) is 14.5 Å². The van der Waals surface area contributed by atoms with Crippen molar-refractivity contribution in [3.8, 4) is 11.5 Å². The number of carbonyl (C=O) groups is 1. The third kappa shape index (κ3) is 5.43. The van der Waals surface area contributed by atoms with Crippen molar-refractivity contribution < 1.29 is 14.3 Å². The first kappa shape index (κ1) is 24.4. The topological polar surface area (TPSA) is 91.6 Å². The first-order valence-corrected chi connectivity index (χ1v) is 12.4. The third-order valence-corrected chi connectivity index (χ3v) is 6.52. The van der Waals surface area contributed by atoms with E-state index >= 15 is 0 Å². The molecule has 37 heavy (non-hydrogen) atoms. The van der Waals surface area contributed by atoms with Crippen LogP contribution < -0.4 is 26.0 Å². The molecule has 1 N–H and O–H groups in total. The Hall–Kier alpha value is -4.33. The second kappa shape index (κ2) is 10.7. The molecule has 2 heterocycles. The highest BCUT2D eigenvalue weighted by molar-refractivity contribution is 5.78. The van der Waals surface area contributed by atoms with Crippen LogP contribution >= 0.6 is 0 Å². The molecule has 1 aliphatic rings. The number of nitrogens with one attached hydrogen (secondary N) is 1. The molecule has 3 aromatic carbocycles. The molecule has 0 aliphatic carbocycles. The summed E-state index contributed by atoms with van der Waals surface area (Å²) in [6, 6.07) is 20.8. The maximum atomic E-state index is 13.4. The van der Waals surface area contributed by atoms with Crippen molar-refractivity contribution in [2.75, 3.05) is 6.79 Å². The van der Waals surface area contributed by atoms with Crippen molar-refractivity contribution in [3.63, 3.8) is 0 Å². The summed E-state index contributed by atoms with van der Waals surface area (Å²) < 4.78 is 13.6. The molecular formula is C29H29N3O5. The standard InChI is InChI=1S/C29H29N3O5/c1-20-7-6-8-22(15-20)18-32-24-10-3-2-9-23(24)28(34)31(29(32)35)14-5-4-11-27(33)30-17-21-12-13-25-26(16-21)37-19-36-25/h2-3,6-10,12-13,15-16H,4-5,11,14,17-19H2,1H3,(H,30,33). The monoisotopic (exact) mass is 499 g/mol. The third-order valence-electron chi connectivity index (χ3n) is 6.52. The van der Waals surface area contributed by atoms with E-state index in [4.69, 9.17) is 9.47 Å². The highest BCUT2D eigenvalue weighted by atomic mass is 16.7. The molecule has 190 valence electrons. The molecule has 8 nitrogen and oxygen atoms in total. The smallest absolute Gasteiger partial charge is 0.331 e. The molecule has 1 aliphatic heterocycles. The predicted octanol–water partition coefficient (Wildman–Crippen LogP) is 3.74. The minimum absolute atomic E-state index is 0.0830.